The van der Waals surface area contributed by atoms with Gasteiger partial charge in [0.1, 0.15) is 11.5 Å². The predicted octanol–water partition coefficient (Wildman–Crippen LogP) is 2.39. The summed E-state index contributed by atoms with van der Waals surface area (Å²) in [5, 5.41) is 29.8. The molecule has 0 aliphatic rings. The molecule has 2 aromatic rings. The number of rotatable bonds is 3. The fraction of sp³-hybridized carbons (Fsp3) is 0.250. The first-order valence-electron chi connectivity index (χ1n) is 6.63. The van der Waals surface area contributed by atoms with Crippen LogP contribution in [0, 0.1) is 13.8 Å². The van der Waals surface area contributed by atoms with Crippen molar-refractivity contribution in [2.45, 2.75) is 13.8 Å². The summed E-state index contributed by atoms with van der Waals surface area (Å²) >= 11 is 0. The maximum Gasteiger partial charge on any atom is 0.120 e. The highest BCUT2D eigenvalue weighted by Crippen LogP contribution is 2.20. The van der Waals surface area contributed by atoms with E-state index in [4.69, 9.17) is 15.9 Å². The van der Waals surface area contributed by atoms with Crippen molar-refractivity contribution < 1.29 is 15.3 Å². The molecule has 0 saturated heterocycles. The minimum absolute atomic E-state index is 0.0919. The number of aliphatic hydroxyl groups excluding tert-OH is 1. The fourth-order valence-electron chi connectivity index (χ4n) is 1.55. The summed E-state index contributed by atoms with van der Waals surface area (Å²) in [6, 6.07) is 10.4. The molecular formula is C16H22N2O3. The predicted molar refractivity (Wildman–Crippen MR) is 85.7 cm³/mol. The van der Waals surface area contributed by atoms with Gasteiger partial charge in [-0.25, -0.2) is 0 Å². The van der Waals surface area contributed by atoms with Crippen molar-refractivity contribution in [2.24, 2.45) is 0 Å². The molecule has 6 N–H and O–H groups in total. The number of aryl methyl sites for hydroxylation is 2. The molecule has 0 aromatic heterocycles. The van der Waals surface area contributed by atoms with Crippen LogP contribution >= 0.6 is 0 Å². The molecule has 0 bridgehead atoms. The van der Waals surface area contributed by atoms with Crippen LogP contribution in [0.15, 0.2) is 36.4 Å². The Bertz CT molecular complexity index is 586. The Morgan fingerprint density at radius 3 is 2.00 bits per heavy atom. The normalized spacial score (nSPS) is 9.67. The van der Waals surface area contributed by atoms with Crippen LogP contribution in [0.4, 0.5) is 11.4 Å². The van der Waals surface area contributed by atoms with Crippen molar-refractivity contribution in [1.82, 2.24) is 0 Å². The average molecular weight is 290 g/mol. The topological polar surface area (TPSA) is 98.7 Å². The second-order valence-corrected chi connectivity index (χ2v) is 4.70. The smallest absolute Gasteiger partial charge is 0.120 e. The van der Waals surface area contributed by atoms with Crippen molar-refractivity contribution in [3.05, 3.63) is 47.5 Å². The molecule has 0 spiro atoms. The van der Waals surface area contributed by atoms with Crippen molar-refractivity contribution in [3.63, 3.8) is 0 Å². The van der Waals surface area contributed by atoms with E-state index < -0.39 is 0 Å². The number of hydrogen-bond donors (Lipinski definition) is 5. The first-order chi connectivity index (χ1) is 9.93. The molecule has 2 rings (SSSR count). The van der Waals surface area contributed by atoms with Gasteiger partial charge >= 0.3 is 0 Å². The molecule has 0 aliphatic carbocycles. The zero-order valence-corrected chi connectivity index (χ0v) is 12.3. The van der Waals surface area contributed by atoms with Crippen LogP contribution in [0.25, 0.3) is 0 Å². The van der Waals surface area contributed by atoms with E-state index in [9.17, 15) is 5.11 Å². The number of nitrogens with two attached hydrogens (primary N) is 1. The fourth-order valence-corrected chi connectivity index (χ4v) is 1.55. The zero-order valence-electron chi connectivity index (χ0n) is 12.3. The van der Waals surface area contributed by atoms with Gasteiger partial charge in [-0.3, -0.25) is 0 Å². The van der Waals surface area contributed by atoms with E-state index in [1.165, 1.54) is 6.07 Å². The highest BCUT2D eigenvalue weighted by atomic mass is 16.3. The first-order valence-corrected chi connectivity index (χ1v) is 6.63. The maximum absolute atomic E-state index is 9.30. The van der Waals surface area contributed by atoms with Crippen LogP contribution in [0.2, 0.25) is 0 Å². The number of phenols is 2. The van der Waals surface area contributed by atoms with E-state index in [1.54, 1.807) is 18.2 Å². The summed E-state index contributed by atoms with van der Waals surface area (Å²) in [5.41, 5.74) is 8.49. The van der Waals surface area contributed by atoms with Crippen LogP contribution < -0.4 is 11.1 Å². The molecule has 2 aromatic carbocycles. The van der Waals surface area contributed by atoms with Gasteiger partial charge in [-0.1, -0.05) is 12.1 Å². The van der Waals surface area contributed by atoms with Gasteiger partial charge in [0.2, 0.25) is 0 Å². The number of benzene rings is 2. The van der Waals surface area contributed by atoms with Gasteiger partial charge < -0.3 is 26.4 Å². The van der Waals surface area contributed by atoms with Crippen LogP contribution in [0.5, 0.6) is 11.5 Å². The van der Waals surface area contributed by atoms with E-state index in [1.807, 2.05) is 26.0 Å². The van der Waals surface area contributed by atoms with Crippen molar-refractivity contribution in [2.75, 3.05) is 24.2 Å². The van der Waals surface area contributed by atoms with Gasteiger partial charge in [0.15, 0.2) is 0 Å². The van der Waals surface area contributed by atoms with Crippen LogP contribution in [-0.2, 0) is 0 Å². The van der Waals surface area contributed by atoms with Gasteiger partial charge in [-0.2, -0.15) is 0 Å². The second kappa shape index (κ2) is 8.01. The summed E-state index contributed by atoms with van der Waals surface area (Å²) in [4.78, 5) is 0. The largest absolute Gasteiger partial charge is 0.508 e. The number of aromatic hydroxyl groups is 2. The van der Waals surface area contributed by atoms with E-state index in [2.05, 4.69) is 5.32 Å². The van der Waals surface area contributed by atoms with Crippen LogP contribution in [0.3, 0.4) is 0 Å². The summed E-state index contributed by atoms with van der Waals surface area (Å²) in [6.07, 6.45) is 0. The molecule has 5 nitrogen and oxygen atoms in total. The third-order valence-corrected chi connectivity index (χ3v) is 2.88. The van der Waals surface area contributed by atoms with E-state index in [0.717, 1.165) is 16.8 Å². The van der Waals surface area contributed by atoms with E-state index in [-0.39, 0.29) is 18.1 Å². The standard InChI is InChI=1S/C9H13NO2.C7H9NO/c1-7-2-3-8(6-9(7)12)10-4-5-11;1-5-2-3-6(8)4-7(5)9/h2-3,6,10-12H,4-5H2,1H3;2-4,9H,8H2,1H3. The highest BCUT2D eigenvalue weighted by molar-refractivity contribution is 5.50. The summed E-state index contributed by atoms with van der Waals surface area (Å²) < 4.78 is 0. The SMILES string of the molecule is Cc1ccc(N)cc1O.Cc1ccc(NCCO)cc1O. The Kier molecular flexibility index (Phi) is 6.36. The second-order valence-electron chi connectivity index (χ2n) is 4.70. The lowest BCUT2D eigenvalue weighted by Crippen LogP contribution is -2.04. The monoisotopic (exact) mass is 290 g/mol. The molecule has 0 atom stereocenters. The molecule has 0 fully saturated rings. The Morgan fingerprint density at radius 1 is 0.952 bits per heavy atom. The molecule has 0 saturated carbocycles. The molecule has 0 amide bonds. The van der Waals surface area contributed by atoms with E-state index >= 15 is 0 Å². The minimum atomic E-state index is 0.0919. The summed E-state index contributed by atoms with van der Waals surface area (Å²) in [5.74, 6) is 0.535. The molecule has 5 heteroatoms. The van der Waals surface area contributed by atoms with Gasteiger partial charge in [-0.05, 0) is 37.1 Å². The van der Waals surface area contributed by atoms with Gasteiger partial charge in [0.25, 0.3) is 0 Å². The number of phenolic OH excluding ortho intramolecular Hbond substituents is 2. The molecule has 0 unspecified atom stereocenters. The van der Waals surface area contributed by atoms with E-state index in [0.29, 0.717) is 12.2 Å². The lowest BCUT2D eigenvalue weighted by atomic mass is 10.2. The Balaban J connectivity index is 0.000000219. The maximum atomic E-state index is 9.30. The minimum Gasteiger partial charge on any atom is -0.508 e. The summed E-state index contributed by atoms with van der Waals surface area (Å²) in [7, 11) is 0. The third kappa shape index (κ3) is 5.62. The number of aliphatic hydroxyl groups is 1. The number of hydrogen-bond acceptors (Lipinski definition) is 5. The van der Waals surface area contributed by atoms with Gasteiger partial charge in [0.05, 0.1) is 6.61 Å². The summed E-state index contributed by atoms with van der Waals surface area (Å²) in [6.45, 7) is 4.26. The molecule has 114 valence electrons. The Morgan fingerprint density at radius 2 is 1.52 bits per heavy atom. The first kappa shape index (κ1) is 16.7. The van der Waals surface area contributed by atoms with Gasteiger partial charge in [-0.15, -0.1) is 0 Å². The highest BCUT2D eigenvalue weighted by Gasteiger charge is 1.96. The number of nitrogen functional groups attached to an aromatic ring is 1. The number of anilines is 2. The lowest BCUT2D eigenvalue weighted by molar-refractivity contribution is 0.311. The quantitative estimate of drug-likeness (QED) is 0.559. The lowest BCUT2D eigenvalue weighted by Gasteiger charge is -2.05. The van der Waals surface area contributed by atoms with Crippen molar-refractivity contribution in [1.29, 1.82) is 0 Å². The third-order valence-electron chi connectivity index (χ3n) is 2.88. The van der Waals surface area contributed by atoms with Crippen molar-refractivity contribution >= 4 is 11.4 Å². The van der Waals surface area contributed by atoms with Crippen LogP contribution in [0.1, 0.15) is 11.1 Å². The van der Waals surface area contributed by atoms with Gasteiger partial charge in [0, 0.05) is 30.1 Å². The van der Waals surface area contributed by atoms with Crippen molar-refractivity contribution in [3.8, 4) is 11.5 Å². The number of nitrogens with one attached hydrogen (secondary N) is 1. The molecule has 0 heterocycles. The Labute approximate surface area is 124 Å². The molecule has 0 aliphatic heterocycles. The average Bonchev–Trinajstić information content (AvgIpc) is 2.45. The molecule has 0 radical (unpaired) electrons. The van der Waals surface area contributed by atoms with Crippen LogP contribution in [-0.4, -0.2) is 28.5 Å². The molecule has 21 heavy (non-hydrogen) atoms. The zero-order chi connectivity index (χ0) is 15.8. The molecular weight excluding hydrogens is 268 g/mol. The Hall–Kier alpha value is -2.40.